The molecule has 3 atom stereocenters. The Labute approximate surface area is 124 Å². The van der Waals surface area contributed by atoms with E-state index >= 15 is 0 Å². The first-order valence-electron chi connectivity index (χ1n) is 6.51. The first-order chi connectivity index (χ1) is 10.4. The molecular formula is C13H16N2O7. The highest BCUT2D eigenvalue weighted by molar-refractivity contribution is 5.85. The minimum atomic E-state index is -1.22. The van der Waals surface area contributed by atoms with Crippen LogP contribution in [0.1, 0.15) is 18.2 Å². The molecule has 0 bridgehead atoms. The number of aliphatic hydroxyl groups is 1. The lowest BCUT2D eigenvalue weighted by atomic mass is 10.2. The molecule has 2 heterocycles. The van der Waals surface area contributed by atoms with Crippen LogP contribution in [0.3, 0.4) is 0 Å². The molecule has 0 unspecified atom stereocenters. The lowest BCUT2D eigenvalue weighted by molar-refractivity contribution is -0.131. The van der Waals surface area contributed by atoms with Gasteiger partial charge in [0.15, 0.2) is 0 Å². The van der Waals surface area contributed by atoms with E-state index in [2.05, 4.69) is 4.98 Å². The fourth-order valence-electron chi connectivity index (χ4n) is 2.19. The van der Waals surface area contributed by atoms with E-state index in [1.807, 2.05) is 0 Å². The number of hydrogen-bond acceptors (Lipinski definition) is 6. The van der Waals surface area contributed by atoms with Gasteiger partial charge in [-0.1, -0.05) is 0 Å². The third kappa shape index (κ3) is 3.50. The van der Waals surface area contributed by atoms with Crippen LogP contribution in [0.5, 0.6) is 0 Å². The molecule has 0 aromatic carbocycles. The molecule has 2 rings (SSSR count). The number of aromatic amines is 1. The van der Waals surface area contributed by atoms with Crippen LogP contribution in [0.25, 0.3) is 6.08 Å². The second-order valence-corrected chi connectivity index (χ2v) is 4.81. The summed E-state index contributed by atoms with van der Waals surface area (Å²) in [5, 5.41) is 18.4. The van der Waals surface area contributed by atoms with Crippen molar-refractivity contribution in [1.82, 2.24) is 9.55 Å². The summed E-state index contributed by atoms with van der Waals surface area (Å²) < 4.78 is 11.6. The van der Waals surface area contributed by atoms with Gasteiger partial charge in [0.05, 0.1) is 18.3 Å². The fraction of sp³-hybridized carbons (Fsp3) is 0.462. The van der Waals surface area contributed by atoms with Crippen molar-refractivity contribution < 1.29 is 24.5 Å². The molecule has 9 heteroatoms. The number of carbonyl (C=O) groups is 1. The van der Waals surface area contributed by atoms with Gasteiger partial charge in [0.1, 0.15) is 12.3 Å². The van der Waals surface area contributed by atoms with E-state index < -0.39 is 35.7 Å². The number of methoxy groups -OCH3 is 1. The molecule has 22 heavy (non-hydrogen) atoms. The Bertz CT molecular complexity index is 690. The molecule has 9 nitrogen and oxygen atoms in total. The van der Waals surface area contributed by atoms with Gasteiger partial charge in [-0.2, -0.15) is 0 Å². The molecule has 0 saturated carbocycles. The Kier molecular flexibility index (Phi) is 4.91. The molecule has 1 aliphatic heterocycles. The van der Waals surface area contributed by atoms with Crippen molar-refractivity contribution in [1.29, 1.82) is 0 Å². The number of ether oxygens (including phenoxy) is 2. The Morgan fingerprint density at radius 1 is 1.59 bits per heavy atom. The van der Waals surface area contributed by atoms with Crippen LogP contribution in [0.4, 0.5) is 0 Å². The van der Waals surface area contributed by atoms with Gasteiger partial charge in [-0.25, -0.2) is 9.59 Å². The average molecular weight is 312 g/mol. The van der Waals surface area contributed by atoms with Crippen molar-refractivity contribution in [2.24, 2.45) is 0 Å². The van der Waals surface area contributed by atoms with Crippen molar-refractivity contribution in [2.45, 2.75) is 24.9 Å². The van der Waals surface area contributed by atoms with Gasteiger partial charge in [0, 0.05) is 25.8 Å². The van der Waals surface area contributed by atoms with Gasteiger partial charge < -0.3 is 19.7 Å². The lowest BCUT2D eigenvalue weighted by Crippen LogP contribution is -2.33. The van der Waals surface area contributed by atoms with Crippen LogP contribution >= 0.6 is 0 Å². The van der Waals surface area contributed by atoms with Crippen LogP contribution in [-0.4, -0.2) is 51.7 Å². The summed E-state index contributed by atoms with van der Waals surface area (Å²) in [4.78, 5) is 36.1. The van der Waals surface area contributed by atoms with Crippen LogP contribution in [0, 0.1) is 0 Å². The molecule has 1 saturated heterocycles. The number of aromatic nitrogens is 2. The molecule has 0 amide bonds. The monoisotopic (exact) mass is 312 g/mol. The SMILES string of the molecule is COC[C@H]1O[C@@H](n2cc(C=CC(=O)O)c(=O)[nH]c2=O)C[C@H]1O. The van der Waals surface area contributed by atoms with Gasteiger partial charge in [-0.05, 0) is 6.08 Å². The average Bonchev–Trinajstić information content (AvgIpc) is 2.79. The predicted molar refractivity (Wildman–Crippen MR) is 74.4 cm³/mol. The van der Waals surface area contributed by atoms with E-state index in [1.54, 1.807) is 0 Å². The summed E-state index contributed by atoms with van der Waals surface area (Å²) >= 11 is 0. The number of aliphatic hydroxyl groups excluding tert-OH is 1. The quantitative estimate of drug-likeness (QED) is 0.590. The van der Waals surface area contributed by atoms with Gasteiger partial charge in [-0.15, -0.1) is 0 Å². The second-order valence-electron chi connectivity index (χ2n) is 4.81. The zero-order valence-electron chi connectivity index (χ0n) is 11.8. The smallest absolute Gasteiger partial charge is 0.330 e. The van der Waals surface area contributed by atoms with Crippen molar-refractivity contribution >= 4 is 12.0 Å². The van der Waals surface area contributed by atoms with Crippen molar-refractivity contribution in [3.63, 3.8) is 0 Å². The molecule has 0 radical (unpaired) electrons. The zero-order chi connectivity index (χ0) is 16.3. The van der Waals surface area contributed by atoms with Crippen molar-refractivity contribution in [3.05, 3.63) is 38.7 Å². The largest absolute Gasteiger partial charge is 0.478 e. The predicted octanol–water partition coefficient (Wildman–Crippen LogP) is -1.07. The second kappa shape index (κ2) is 6.69. The number of hydrogen-bond donors (Lipinski definition) is 3. The van der Waals surface area contributed by atoms with Gasteiger partial charge in [0.25, 0.3) is 5.56 Å². The Balaban J connectivity index is 2.32. The summed E-state index contributed by atoms with van der Waals surface area (Å²) in [7, 11) is 1.46. The van der Waals surface area contributed by atoms with Crippen LogP contribution in [-0.2, 0) is 14.3 Å². The van der Waals surface area contributed by atoms with E-state index in [0.717, 1.165) is 16.7 Å². The summed E-state index contributed by atoms with van der Waals surface area (Å²) in [6.45, 7) is 0.168. The Hall–Kier alpha value is -2.23. The van der Waals surface area contributed by atoms with Gasteiger partial charge in [0.2, 0.25) is 0 Å². The fourth-order valence-corrected chi connectivity index (χ4v) is 2.19. The molecule has 1 aliphatic rings. The zero-order valence-corrected chi connectivity index (χ0v) is 11.8. The molecular weight excluding hydrogens is 296 g/mol. The highest BCUT2D eigenvalue weighted by atomic mass is 16.6. The van der Waals surface area contributed by atoms with Crippen LogP contribution < -0.4 is 11.2 Å². The number of H-pyrrole nitrogens is 1. The van der Waals surface area contributed by atoms with Crippen LogP contribution in [0.15, 0.2) is 21.9 Å². The number of carboxylic acid groups (broad SMARTS) is 1. The minimum absolute atomic E-state index is 0.00437. The van der Waals surface area contributed by atoms with E-state index in [1.165, 1.54) is 13.3 Å². The number of carboxylic acids is 1. The maximum atomic E-state index is 11.9. The molecule has 1 fully saturated rings. The third-order valence-corrected chi connectivity index (χ3v) is 3.25. The maximum absolute atomic E-state index is 11.9. The van der Waals surface area contributed by atoms with Crippen molar-refractivity contribution in [3.8, 4) is 0 Å². The molecule has 3 N–H and O–H groups in total. The first-order valence-corrected chi connectivity index (χ1v) is 6.51. The first kappa shape index (κ1) is 16.1. The summed E-state index contributed by atoms with van der Waals surface area (Å²) in [6.07, 6.45) is 1.08. The third-order valence-electron chi connectivity index (χ3n) is 3.25. The van der Waals surface area contributed by atoms with E-state index in [-0.39, 0.29) is 18.6 Å². The molecule has 120 valence electrons. The van der Waals surface area contributed by atoms with E-state index in [0.29, 0.717) is 0 Å². The highest BCUT2D eigenvalue weighted by Crippen LogP contribution is 2.27. The summed E-state index contributed by atoms with van der Waals surface area (Å²) in [5.41, 5.74) is -1.41. The number of aliphatic carboxylic acids is 1. The van der Waals surface area contributed by atoms with Gasteiger partial charge >= 0.3 is 11.7 Å². The molecule has 0 aliphatic carbocycles. The molecule has 1 aromatic rings. The minimum Gasteiger partial charge on any atom is -0.478 e. The molecule has 0 spiro atoms. The Morgan fingerprint density at radius 2 is 2.32 bits per heavy atom. The normalized spacial score (nSPS) is 24.9. The number of nitrogens with one attached hydrogen (secondary N) is 1. The summed E-state index contributed by atoms with van der Waals surface area (Å²) in [5.74, 6) is -1.22. The summed E-state index contributed by atoms with van der Waals surface area (Å²) in [6, 6.07) is 0. The Morgan fingerprint density at radius 3 is 2.95 bits per heavy atom. The van der Waals surface area contributed by atoms with Gasteiger partial charge in [-0.3, -0.25) is 14.3 Å². The van der Waals surface area contributed by atoms with Crippen molar-refractivity contribution in [2.75, 3.05) is 13.7 Å². The van der Waals surface area contributed by atoms with E-state index in [4.69, 9.17) is 14.6 Å². The lowest BCUT2D eigenvalue weighted by Gasteiger charge is -2.15. The number of nitrogens with zero attached hydrogens (tertiary/aromatic N) is 1. The molecule has 1 aromatic heterocycles. The number of rotatable bonds is 5. The topological polar surface area (TPSA) is 131 Å². The standard InChI is InChI=1S/C13H16N2O7/c1-21-6-9-8(16)4-10(22-9)15-5-7(2-3-11(17)18)12(19)14-13(15)20/h2-3,5,8-10,16H,4,6H2,1H3,(H,17,18)(H,14,19,20)/t8-,9-,10-/m1/s1. The highest BCUT2D eigenvalue weighted by Gasteiger charge is 2.35. The van der Waals surface area contributed by atoms with E-state index in [9.17, 15) is 19.5 Å². The van der Waals surface area contributed by atoms with Crippen LogP contribution in [0.2, 0.25) is 0 Å². The maximum Gasteiger partial charge on any atom is 0.330 e.